The Balaban J connectivity index is 1.29. The Kier molecular flexibility index (Phi) is 3.87. The van der Waals surface area contributed by atoms with E-state index >= 15 is 0 Å². The molecule has 0 bridgehead atoms. The summed E-state index contributed by atoms with van der Waals surface area (Å²) >= 11 is 1.84. The lowest BCUT2D eigenvalue weighted by molar-refractivity contribution is 0.119. The van der Waals surface area contributed by atoms with Gasteiger partial charge in [-0.15, -0.1) is 11.3 Å². The summed E-state index contributed by atoms with van der Waals surface area (Å²) in [5, 5.41) is 1.30. The number of carbonyl (C=O) groups excluding carboxylic acids is 1. The van der Waals surface area contributed by atoms with Crippen molar-refractivity contribution in [2.24, 2.45) is 0 Å². The zero-order chi connectivity index (χ0) is 17.5. The van der Waals surface area contributed by atoms with E-state index in [1.807, 2.05) is 34.4 Å². The minimum absolute atomic E-state index is 0.0411. The summed E-state index contributed by atoms with van der Waals surface area (Å²) in [7, 11) is 0. The van der Waals surface area contributed by atoms with Gasteiger partial charge in [-0.05, 0) is 29.7 Å². The maximum Gasteiger partial charge on any atom is 0.410 e. The van der Waals surface area contributed by atoms with Crippen LogP contribution in [-0.2, 0) is 17.8 Å². The van der Waals surface area contributed by atoms with Crippen molar-refractivity contribution >= 4 is 27.5 Å². The van der Waals surface area contributed by atoms with Crippen LogP contribution in [0.5, 0.6) is 0 Å². The fourth-order valence-corrected chi connectivity index (χ4v) is 5.00. The number of nitrogens with zero attached hydrogens (tertiary/aromatic N) is 3. The number of hydrogen-bond acceptors (Lipinski definition) is 5. The van der Waals surface area contributed by atoms with E-state index in [0.717, 1.165) is 25.3 Å². The SMILES string of the molecule is O=C1O[C@@H]2CN(Cc3cc4ccccc4s3)C[C@@H]2N1Cc1ccccn1. The molecule has 2 aromatic heterocycles. The number of fused-ring (bicyclic) bond motifs is 2. The summed E-state index contributed by atoms with van der Waals surface area (Å²) in [5.74, 6) is 0. The second-order valence-electron chi connectivity index (χ2n) is 6.88. The van der Waals surface area contributed by atoms with Crippen LogP contribution < -0.4 is 0 Å². The van der Waals surface area contributed by atoms with Crippen molar-refractivity contribution < 1.29 is 9.53 Å². The molecule has 2 aliphatic heterocycles. The highest BCUT2D eigenvalue weighted by Crippen LogP contribution is 2.31. The molecule has 2 fully saturated rings. The molecule has 4 heterocycles. The molecule has 2 saturated heterocycles. The lowest BCUT2D eigenvalue weighted by atomic mass is 10.2. The molecule has 1 amide bonds. The van der Waals surface area contributed by atoms with E-state index in [-0.39, 0.29) is 18.2 Å². The van der Waals surface area contributed by atoms with Gasteiger partial charge < -0.3 is 4.74 Å². The highest BCUT2D eigenvalue weighted by atomic mass is 32.1. The van der Waals surface area contributed by atoms with Crippen LogP contribution in [0.15, 0.2) is 54.7 Å². The van der Waals surface area contributed by atoms with Gasteiger partial charge >= 0.3 is 6.09 Å². The van der Waals surface area contributed by atoms with Gasteiger partial charge in [0.1, 0.15) is 6.10 Å². The second kappa shape index (κ2) is 6.37. The molecule has 6 heteroatoms. The van der Waals surface area contributed by atoms with Crippen LogP contribution in [-0.4, -0.2) is 46.1 Å². The van der Waals surface area contributed by atoms with E-state index in [2.05, 4.69) is 40.2 Å². The van der Waals surface area contributed by atoms with Gasteiger partial charge in [-0.1, -0.05) is 24.3 Å². The number of pyridine rings is 1. The number of likely N-dealkylation sites (tertiary alicyclic amines) is 1. The average Bonchev–Trinajstić information content (AvgIpc) is 3.30. The van der Waals surface area contributed by atoms with Crippen LogP contribution in [0.1, 0.15) is 10.6 Å². The minimum atomic E-state index is -0.216. The molecule has 2 atom stereocenters. The smallest absolute Gasteiger partial charge is 0.410 e. The molecule has 0 unspecified atom stereocenters. The predicted octanol–water partition coefficient (Wildman–Crippen LogP) is 3.50. The number of carbonyl (C=O) groups is 1. The largest absolute Gasteiger partial charge is 0.442 e. The van der Waals surface area contributed by atoms with Gasteiger partial charge in [-0.2, -0.15) is 0 Å². The van der Waals surface area contributed by atoms with Crippen molar-refractivity contribution in [3.8, 4) is 0 Å². The zero-order valence-electron chi connectivity index (χ0n) is 14.2. The summed E-state index contributed by atoms with van der Waals surface area (Å²) < 4.78 is 6.94. The minimum Gasteiger partial charge on any atom is -0.442 e. The summed E-state index contributed by atoms with van der Waals surface area (Å²) in [5.41, 5.74) is 0.896. The first kappa shape index (κ1) is 15.8. The van der Waals surface area contributed by atoms with E-state index in [9.17, 15) is 4.79 Å². The zero-order valence-corrected chi connectivity index (χ0v) is 15.1. The summed E-state index contributed by atoms with van der Waals surface area (Å²) in [4.78, 5) is 22.1. The standard InChI is InChI=1S/C20H19N3O2S/c24-20-23(10-15-6-3-4-8-21-15)17-12-22(13-18(17)25-20)11-16-9-14-5-1-2-7-19(14)26-16/h1-9,17-18H,10-13H2/t17-,18+/m0/s1. The Morgan fingerprint density at radius 1 is 1.12 bits per heavy atom. The number of ether oxygens (including phenoxy) is 1. The van der Waals surface area contributed by atoms with E-state index in [0.29, 0.717) is 6.54 Å². The molecular weight excluding hydrogens is 346 g/mol. The van der Waals surface area contributed by atoms with E-state index in [1.54, 1.807) is 6.20 Å². The number of aromatic nitrogens is 1. The van der Waals surface area contributed by atoms with Crippen molar-refractivity contribution in [3.63, 3.8) is 0 Å². The van der Waals surface area contributed by atoms with Crippen molar-refractivity contribution in [2.45, 2.75) is 25.2 Å². The van der Waals surface area contributed by atoms with Crippen LogP contribution in [0.25, 0.3) is 10.1 Å². The molecule has 132 valence electrons. The molecule has 0 aliphatic carbocycles. The molecule has 5 nitrogen and oxygen atoms in total. The van der Waals surface area contributed by atoms with Crippen LogP contribution in [0.2, 0.25) is 0 Å². The van der Waals surface area contributed by atoms with Gasteiger partial charge in [0, 0.05) is 35.4 Å². The molecule has 3 aromatic rings. The first-order chi connectivity index (χ1) is 12.8. The Morgan fingerprint density at radius 3 is 2.85 bits per heavy atom. The van der Waals surface area contributed by atoms with E-state index in [4.69, 9.17) is 4.74 Å². The Morgan fingerprint density at radius 2 is 2.00 bits per heavy atom. The van der Waals surface area contributed by atoms with Gasteiger partial charge in [0.15, 0.2) is 0 Å². The molecule has 26 heavy (non-hydrogen) atoms. The monoisotopic (exact) mass is 365 g/mol. The van der Waals surface area contributed by atoms with E-state index in [1.165, 1.54) is 15.0 Å². The van der Waals surface area contributed by atoms with Gasteiger partial charge in [-0.25, -0.2) is 4.79 Å². The first-order valence-corrected chi connectivity index (χ1v) is 9.65. The lowest BCUT2D eigenvalue weighted by Crippen LogP contribution is -2.37. The second-order valence-corrected chi connectivity index (χ2v) is 8.05. The van der Waals surface area contributed by atoms with Crippen molar-refractivity contribution in [2.75, 3.05) is 13.1 Å². The molecular formula is C20H19N3O2S. The van der Waals surface area contributed by atoms with Crippen molar-refractivity contribution in [1.29, 1.82) is 0 Å². The van der Waals surface area contributed by atoms with Gasteiger partial charge in [-0.3, -0.25) is 14.8 Å². The average molecular weight is 365 g/mol. The number of benzene rings is 1. The highest BCUT2D eigenvalue weighted by molar-refractivity contribution is 7.19. The topological polar surface area (TPSA) is 45.7 Å². The quantitative estimate of drug-likeness (QED) is 0.710. The Bertz CT molecular complexity index is 909. The van der Waals surface area contributed by atoms with Gasteiger partial charge in [0.2, 0.25) is 0 Å². The fourth-order valence-electron chi connectivity index (χ4n) is 3.89. The number of thiophene rings is 1. The maximum atomic E-state index is 12.2. The van der Waals surface area contributed by atoms with E-state index < -0.39 is 0 Å². The summed E-state index contributed by atoms with van der Waals surface area (Å²) in [6, 6.07) is 16.6. The number of hydrogen-bond donors (Lipinski definition) is 0. The molecule has 0 saturated carbocycles. The van der Waals surface area contributed by atoms with Crippen LogP contribution in [0.4, 0.5) is 4.79 Å². The molecule has 2 aliphatic rings. The highest BCUT2D eigenvalue weighted by Gasteiger charge is 2.47. The predicted molar refractivity (Wildman–Crippen MR) is 101 cm³/mol. The molecule has 0 radical (unpaired) electrons. The maximum absolute atomic E-state index is 12.2. The number of amides is 1. The Labute approximate surface area is 155 Å². The lowest BCUT2D eigenvalue weighted by Gasteiger charge is -2.21. The van der Waals surface area contributed by atoms with Crippen LogP contribution >= 0.6 is 11.3 Å². The number of rotatable bonds is 4. The van der Waals surface area contributed by atoms with Crippen molar-refractivity contribution in [3.05, 3.63) is 65.3 Å². The Hall–Kier alpha value is -2.44. The van der Waals surface area contributed by atoms with Crippen LogP contribution in [0, 0.1) is 0 Å². The molecule has 1 aromatic carbocycles. The molecule has 0 N–H and O–H groups in total. The molecule has 0 spiro atoms. The summed E-state index contributed by atoms with van der Waals surface area (Å²) in [6.07, 6.45) is 1.50. The third-order valence-electron chi connectivity index (χ3n) is 5.11. The molecule has 5 rings (SSSR count). The third kappa shape index (κ3) is 2.85. The van der Waals surface area contributed by atoms with Crippen LogP contribution in [0.3, 0.4) is 0 Å². The normalized spacial score (nSPS) is 22.8. The fraction of sp³-hybridized carbons (Fsp3) is 0.300. The van der Waals surface area contributed by atoms with Gasteiger partial charge in [0.25, 0.3) is 0 Å². The van der Waals surface area contributed by atoms with Crippen molar-refractivity contribution in [1.82, 2.24) is 14.8 Å². The summed E-state index contributed by atoms with van der Waals surface area (Å²) in [6.45, 7) is 3.06. The third-order valence-corrected chi connectivity index (χ3v) is 6.21. The van der Waals surface area contributed by atoms with Gasteiger partial charge in [0.05, 0.1) is 18.3 Å². The first-order valence-electron chi connectivity index (χ1n) is 8.83.